The van der Waals surface area contributed by atoms with Crippen LogP contribution < -0.4 is 11.1 Å². The molecule has 5 heteroatoms. The number of hydrogen-bond donors (Lipinski definition) is 2. The van der Waals surface area contributed by atoms with Crippen molar-refractivity contribution in [1.29, 1.82) is 0 Å². The molecule has 3 aromatic carbocycles. The summed E-state index contributed by atoms with van der Waals surface area (Å²) in [5.41, 5.74) is 10.6. The summed E-state index contributed by atoms with van der Waals surface area (Å²) in [7, 11) is 0. The number of nitrogens with zero attached hydrogens (tertiary/aromatic N) is 1. The van der Waals surface area contributed by atoms with E-state index in [4.69, 9.17) is 17.3 Å². The number of halogens is 2. The van der Waals surface area contributed by atoms with Crippen LogP contribution in [-0.2, 0) is 0 Å². The quantitative estimate of drug-likeness (QED) is 0.393. The van der Waals surface area contributed by atoms with Gasteiger partial charge in [0.05, 0.1) is 22.3 Å². The monoisotopic (exact) mass is 391 g/mol. The molecule has 1 aromatic heterocycles. The Morgan fingerprint density at radius 3 is 2.61 bits per heavy atom. The maximum atomic E-state index is 14.6. The van der Waals surface area contributed by atoms with Gasteiger partial charge in [-0.1, -0.05) is 54.1 Å². The van der Waals surface area contributed by atoms with Crippen molar-refractivity contribution in [2.45, 2.75) is 13.0 Å². The Morgan fingerprint density at radius 1 is 1.04 bits per heavy atom. The van der Waals surface area contributed by atoms with E-state index in [0.29, 0.717) is 16.3 Å². The van der Waals surface area contributed by atoms with Gasteiger partial charge in [0.25, 0.3) is 0 Å². The number of fused-ring (bicyclic) bond motifs is 1. The van der Waals surface area contributed by atoms with E-state index in [0.717, 1.165) is 27.7 Å². The Balaban J connectivity index is 1.73. The average Bonchev–Trinajstić information content (AvgIpc) is 2.71. The summed E-state index contributed by atoms with van der Waals surface area (Å²) in [5, 5.41) is 4.75. The second-order valence-electron chi connectivity index (χ2n) is 6.69. The Morgan fingerprint density at radius 2 is 1.79 bits per heavy atom. The summed E-state index contributed by atoms with van der Waals surface area (Å²) >= 11 is 6.39. The minimum absolute atomic E-state index is 0.285. The number of nitrogen functional groups attached to an aromatic ring is 1. The lowest BCUT2D eigenvalue weighted by Crippen LogP contribution is -2.10. The van der Waals surface area contributed by atoms with Crippen molar-refractivity contribution < 1.29 is 4.39 Å². The van der Waals surface area contributed by atoms with Gasteiger partial charge >= 0.3 is 0 Å². The van der Waals surface area contributed by atoms with Gasteiger partial charge < -0.3 is 11.1 Å². The third kappa shape index (κ3) is 3.39. The number of benzene rings is 3. The number of pyridine rings is 1. The second kappa shape index (κ2) is 7.49. The molecule has 0 aliphatic rings. The number of nitrogens with one attached hydrogen (secondary N) is 1. The summed E-state index contributed by atoms with van der Waals surface area (Å²) in [5.74, 6) is -0.285. The first kappa shape index (κ1) is 18.3. The van der Waals surface area contributed by atoms with Gasteiger partial charge in [0.2, 0.25) is 0 Å². The Bertz CT molecular complexity index is 1160. The molecule has 4 rings (SSSR count). The van der Waals surface area contributed by atoms with E-state index in [1.54, 1.807) is 12.3 Å². The number of anilines is 2. The topological polar surface area (TPSA) is 50.9 Å². The van der Waals surface area contributed by atoms with Crippen molar-refractivity contribution in [3.05, 3.63) is 89.3 Å². The third-order valence-electron chi connectivity index (χ3n) is 4.82. The van der Waals surface area contributed by atoms with Crippen LogP contribution in [0.5, 0.6) is 0 Å². The van der Waals surface area contributed by atoms with E-state index in [9.17, 15) is 4.39 Å². The van der Waals surface area contributed by atoms with Crippen LogP contribution in [0.3, 0.4) is 0 Å². The lowest BCUT2D eigenvalue weighted by Gasteiger charge is -2.20. The van der Waals surface area contributed by atoms with Crippen molar-refractivity contribution in [3.63, 3.8) is 0 Å². The Hall–Kier alpha value is -3.11. The summed E-state index contributed by atoms with van der Waals surface area (Å²) in [6.07, 6.45) is 1.61. The van der Waals surface area contributed by atoms with Gasteiger partial charge in [0, 0.05) is 28.4 Å². The van der Waals surface area contributed by atoms with Gasteiger partial charge in [-0.25, -0.2) is 4.39 Å². The smallest absolute Gasteiger partial charge is 0.128 e. The largest absolute Gasteiger partial charge is 0.398 e. The van der Waals surface area contributed by atoms with Gasteiger partial charge in [-0.05, 0) is 36.8 Å². The molecule has 3 N–H and O–H groups in total. The van der Waals surface area contributed by atoms with Gasteiger partial charge in [-0.2, -0.15) is 0 Å². The molecule has 0 bridgehead atoms. The fourth-order valence-electron chi connectivity index (χ4n) is 3.36. The summed E-state index contributed by atoms with van der Waals surface area (Å²) in [6, 6.07) is 20.0. The molecule has 1 heterocycles. The molecular weight excluding hydrogens is 373 g/mol. The first-order valence-electron chi connectivity index (χ1n) is 8.98. The second-order valence-corrected chi connectivity index (χ2v) is 7.10. The molecule has 0 amide bonds. The molecular formula is C23H19ClFN3. The minimum atomic E-state index is -0.312. The molecule has 0 fully saturated rings. The van der Waals surface area contributed by atoms with E-state index < -0.39 is 0 Å². The number of rotatable bonds is 4. The SMILES string of the molecule is CC(Nc1c(Cl)cnc2ccccc12)c1cc(-c2ccccc2N)ccc1F. The van der Waals surface area contributed by atoms with Gasteiger partial charge in [-0.3, -0.25) is 4.98 Å². The maximum Gasteiger partial charge on any atom is 0.128 e. The van der Waals surface area contributed by atoms with Gasteiger partial charge in [0.1, 0.15) is 5.82 Å². The van der Waals surface area contributed by atoms with Crippen LogP contribution >= 0.6 is 11.6 Å². The Labute approximate surface area is 168 Å². The predicted octanol–water partition coefficient (Wildman–Crippen LogP) is 6.45. The zero-order valence-corrected chi connectivity index (χ0v) is 16.0. The fourth-order valence-corrected chi connectivity index (χ4v) is 3.57. The highest BCUT2D eigenvalue weighted by Gasteiger charge is 2.16. The number of para-hydroxylation sites is 2. The lowest BCUT2D eigenvalue weighted by atomic mass is 9.98. The summed E-state index contributed by atoms with van der Waals surface area (Å²) < 4.78 is 14.6. The van der Waals surface area contributed by atoms with Gasteiger partial charge in [-0.15, -0.1) is 0 Å². The van der Waals surface area contributed by atoms with E-state index in [1.165, 1.54) is 6.07 Å². The van der Waals surface area contributed by atoms with Crippen molar-refractivity contribution in [2.24, 2.45) is 0 Å². The molecule has 1 unspecified atom stereocenters. The highest BCUT2D eigenvalue weighted by atomic mass is 35.5. The maximum absolute atomic E-state index is 14.6. The van der Waals surface area contributed by atoms with E-state index in [-0.39, 0.29) is 11.9 Å². The zero-order valence-electron chi connectivity index (χ0n) is 15.3. The zero-order chi connectivity index (χ0) is 19.7. The van der Waals surface area contributed by atoms with Crippen molar-refractivity contribution in [1.82, 2.24) is 4.98 Å². The van der Waals surface area contributed by atoms with Crippen molar-refractivity contribution in [2.75, 3.05) is 11.1 Å². The molecule has 1 atom stereocenters. The van der Waals surface area contributed by atoms with Crippen molar-refractivity contribution in [3.8, 4) is 11.1 Å². The van der Waals surface area contributed by atoms with E-state index >= 15 is 0 Å². The first-order valence-corrected chi connectivity index (χ1v) is 9.36. The molecule has 140 valence electrons. The minimum Gasteiger partial charge on any atom is -0.398 e. The molecule has 4 aromatic rings. The van der Waals surface area contributed by atoms with E-state index in [2.05, 4.69) is 10.3 Å². The molecule has 0 spiro atoms. The molecule has 0 aliphatic carbocycles. The van der Waals surface area contributed by atoms with Crippen LogP contribution in [0, 0.1) is 5.82 Å². The highest BCUT2D eigenvalue weighted by molar-refractivity contribution is 6.34. The number of hydrogen-bond acceptors (Lipinski definition) is 3. The molecule has 28 heavy (non-hydrogen) atoms. The molecule has 0 radical (unpaired) electrons. The standard InChI is InChI=1S/C23H19ClFN3/c1-14(28-23-17-7-3-5-9-22(17)27-13-19(23)24)18-12-15(10-11-20(18)25)16-6-2-4-8-21(16)26/h2-14H,26H2,1H3,(H,27,28). The Kier molecular flexibility index (Phi) is 4.88. The van der Waals surface area contributed by atoms with Crippen LogP contribution in [0.25, 0.3) is 22.0 Å². The summed E-state index contributed by atoms with van der Waals surface area (Å²) in [6.45, 7) is 1.90. The molecule has 0 aliphatic heterocycles. The fraction of sp³-hybridized carbons (Fsp3) is 0.0870. The third-order valence-corrected chi connectivity index (χ3v) is 5.11. The van der Waals surface area contributed by atoms with Crippen LogP contribution in [0.15, 0.2) is 72.9 Å². The molecule has 0 saturated carbocycles. The van der Waals surface area contributed by atoms with E-state index in [1.807, 2.05) is 61.5 Å². The van der Waals surface area contributed by atoms with Crippen LogP contribution in [0.2, 0.25) is 5.02 Å². The normalized spacial score (nSPS) is 12.1. The van der Waals surface area contributed by atoms with Crippen LogP contribution in [0.4, 0.5) is 15.8 Å². The van der Waals surface area contributed by atoms with Crippen molar-refractivity contribution >= 4 is 33.9 Å². The summed E-state index contributed by atoms with van der Waals surface area (Å²) in [4.78, 5) is 4.34. The lowest BCUT2D eigenvalue weighted by molar-refractivity contribution is 0.600. The van der Waals surface area contributed by atoms with Crippen LogP contribution in [-0.4, -0.2) is 4.98 Å². The first-order chi connectivity index (χ1) is 13.5. The highest BCUT2D eigenvalue weighted by Crippen LogP contribution is 2.34. The van der Waals surface area contributed by atoms with Crippen LogP contribution in [0.1, 0.15) is 18.5 Å². The van der Waals surface area contributed by atoms with Gasteiger partial charge in [0.15, 0.2) is 0 Å². The molecule has 3 nitrogen and oxygen atoms in total. The number of aromatic nitrogens is 1. The average molecular weight is 392 g/mol. The number of nitrogens with two attached hydrogens (primary N) is 1. The molecule has 0 saturated heterocycles. The predicted molar refractivity (Wildman–Crippen MR) is 115 cm³/mol.